The van der Waals surface area contributed by atoms with Crippen molar-refractivity contribution in [1.29, 1.82) is 0 Å². The van der Waals surface area contributed by atoms with Crippen LogP contribution in [0.5, 0.6) is 11.5 Å². The van der Waals surface area contributed by atoms with E-state index in [2.05, 4.69) is 5.32 Å². The molecule has 35 heavy (non-hydrogen) atoms. The highest BCUT2D eigenvalue weighted by Crippen LogP contribution is 2.37. The molecule has 0 fully saturated rings. The lowest BCUT2D eigenvalue weighted by molar-refractivity contribution is -0.137. The first-order valence-corrected chi connectivity index (χ1v) is 11.2. The third-order valence-corrected chi connectivity index (χ3v) is 6.24. The first kappa shape index (κ1) is 22.8. The molecule has 1 atom stereocenters. The summed E-state index contributed by atoms with van der Waals surface area (Å²) < 4.78 is 53.0. The second-order valence-electron chi connectivity index (χ2n) is 8.56. The molecule has 8 heteroatoms. The van der Waals surface area contributed by atoms with Crippen molar-refractivity contribution < 1.29 is 27.4 Å². The predicted octanol–water partition coefficient (Wildman–Crippen LogP) is 5.76. The normalized spacial score (nSPS) is 13.7. The second kappa shape index (κ2) is 9.02. The summed E-state index contributed by atoms with van der Waals surface area (Å²) in [5.41, 5.74) is 2.29. The molecule has 1 amide bonds. The number of para-hydroxylation sites is 1. The van der Waals surface area contributed by atoms with E-state index in [1.807, 2.05) is 48.1 Å². The SMILES string of the molecule is Cn1cc([C@@H](CC(=O)NCc2ccc3c(c2)OCO3)c2cccc(C(F)(F)F)c2)c2ccccc21. The maximum atomic E-state index is 13.5. The summed E-state index contributed by atoms with van der Waals surface area (Å²) in [5.74, 6) is 0.452. The zero-order valence-electron chi connectivity index (χ0n) is 18.9. The molecule has 0 radical (unpaired) electrons. The quantitative estimate of drug-likeness (QED) is 0.382. The Labute approximate surface area is 200 Å². The number of rotatable bonds is 6. The van der Waals surface area contributed by atoms with Gasteiger partial charge in [0.05, 0.1) is 5.56 Å². The van der Waals surface area contributed by atoms with Gasteiger partial charge in [0, 0.05) is 43.0 Å². The molecule has 0 saturated carbocycles. The molecule has 180 valence electrons. The Morgan fingerprint density at radius 3 is 2.66 bits per heavy atom. The minimum atomic E-state index is -4.47. The van der Waals surface area contributed by atoms with E-state index in [1.54, 1.807) is 18.2 Å². The van der Waals surface area contributed by atoms with Crippen molar-refractivity contribution in [3.63, 3.8) is 0 Å². The van der Waals surface area contributed by atoms with Crippen molar-refractivity contribution in [3.05, 3.63) is 95.2 Å². The molecule has 0 saturated heterocycles. The van der Waals surface area contributed by atoms with Crippen molar-refractivity contribution in [1.82, 2.24) is 9.88 Å². The van der Waals surface area contributed by atoms with Gasteiger partial charge in [-0.1, -0.05) is 42.5 Å². The standard InChI is InChI=1S/C27H23F3N2O3/c1-32-15-22(20-7-2-3-8-23(20)32)21(18-5-4-6-19(12-18)27(28,29)30)13-26(33)31-14-17-9-10-24-25(11-17)35-16-34-24/h2-12,15,21H,13-14,16H2,1H3,(H,31,33)/t21-/m0/s1. The van der Waals surface area contributed by atoms with Gasteiger partial charge in [-0.3, -0.25) is 4.79 Å². The van der Waals surface area contributed by atoms with Crippen molar-refractivity contribution >= 4 is 16.8 Å². The van der Waals surface area contributed by atoms with Crippen LogP contribution in [0.25, 0.3) is 10.9 Å². The van der Waals surface area contributed by atoms with Crippen molar-refractivity contribution in [2.45, 2.75) is 25.1 Å². The van der Waals surface area contributed by atoms with Crippen LogP contribution in [0, 0.1) is 0 Å². The average molecular weight is 480 g/mol. The Hall–Kier alpha value is -3.94. The van der Waals surface area contributed by atoms with Crippen LogP contribution in [0.3, 0.4) is 0 Å². The highest BCUT2D eigenvalue weighted by atomic mass is 19.4. The van der Waals surface area contributed by atoms with Crippen molar-refractivity contribution in [2.75, 3.05) is 6.79 Å². The molecule has 0 spiro atoms. The third-order valence-electron chi connectivity index (χ3n) is 6.24. The minimum absolute atomic E-state index is 0.000129. The lowest BCUT2D eigenvalue weighted by atomic mass is 9.87. The fourth-order valence-corrected chi connectivity index (χ4v) is 4.50. The van der Waals surface area contributed by atoms with Gasteiger partial charge in [0.15, 0.2) is 11.5 Å². The predicted molar refractivity (Wildman–Crippen MR) is 125 cm³/mol. The van der Waals surface area contributed by atoms with Crippen LogP contribution in [-0.4, -0.2) is 17.3 Å². The fourth-order valence-electron chi connectivity index (χ4n) is 4.50. The van der Waals surface area contributed by atoms with Crippen molar-refractivity contribution in [3.8, 4) is 11.5 Å². The summed E-state index contributed by atoms with van der Waals surface area (Å²) in [6.45, 7) is 0.426. The van der Waals surface area contributed by atoms with Crippen LogP contribution >= 0.6 is 0 Å². The number of carbonyl (C=O) groups is 1. The number of alkyl halides is 3. The van der Waals surface area contributed by atoms with Crippen molar-refractivity contribution in [2.24, 2.45) is 7.05 Å². The number of nitrogens with one attached hydrogen (secondary N) is 1. The monoisotopic (exact) mass is 480 g/mol. The second-order valence-corrected chi connectivity index (χ2v) is 8.56. The zero-order chi connectivity index (χ0) is 24.6. The van der Waals surface area contributed by atoms with Gasteiger partial charge in [-0.2, -0.15) is 13.2 Å². The molecular formula is C27H23F3N2O3. The van der Waals surface area contributed by atoms with Gasteiger partial charge in [0.1, 0.15) is 0 Å². The lowest BCUT2D eigenvalue weighted by Crippen LogP contribution is -2.25. The number of aryl methyl sites for hydroxylation is 1. The number of ether oxygens (including phenoxy) is 2. The molecule has 1 aliphatic heterocycles. The van der Waals surface area contributed by atoms with E-state index in [4.69, 9.17) is 9.47 Å². The molecule has 1 N–H and O–H groups in total. The molecule has 3 aromatic carbocycles. The summed E-state index contributed by atoms with van der Waals surface area (Å²) in [6, 6.07) is 18.3. The lowest BCUT2D eigenvalue weighted by Gasteiger charge is -2.19. The maximum absolute atomic E-state index is 13.5. The summed E-state index contributed by atoms with van der Waals surface area (Å²) in [4.78, 5) is 13.0. The molecule has 0 bridgehead atoms. The summed E-state index contributed by atoms with van der Waals surface area (Å²) in [5, 5.41) is 3.80. The van der Waals surface area contributed by atoms with Gasteiger partial charge in [-0.05, 0) is 41.0 Å². The number of hydrogen-bond acceptors (Lipinski definition) is 3. The van der Waals surface area contributed by atoms with Crippen LogP contribution < -0.4 is 14.8 Å². The van der Waals surface area contributed by atoms with E-state index >= 15 is 0 Å². The number of nitrogens with zero attached hydrogens (tertiary/aromatic N) is 1. The van der Waals surface area contributed by atoms with Gasteiger partial charge >= 0.3 is 6.18 Å². The highest BCUT2D eigenvalue weighted by molar-refractivity contribution is 5.86. The fraction of sp³-hybridized carbons (Fsp3) is 0.222. The summed E-state index contributed by atoms with van der Waals surface area (Å²) >= 11 is 0. The number of fused-ring (bicyclic) bond motifs is 2. The van der Waals surface area contributed by atoms with E-state index in [9.17, 15) is 18.0 Å². The van der Waals surface area contributed by atoms with E-state index in [1.165, 1.54) is 6.07 Å². The highest BCUT2D eigenvalue weighted by Gasteiger charge is 2.32. The van der Waals surface area contributed by atoms with Crippen LogP contribution in [0.2, 0.25) is 0 Å². The smallest absolute Gasteiger partial charge is 0.416 e. The van der Waals surface area contributed by atoms with Crippen LogP contribution in [0.15, 0.2) is 72.9 Å². The topological polar surface area (TPSA) is 52.5 Å². The Kier molecular flexibility index (Phi) is 5.88. The first-order chi connectivity index (χ1) is 16.8. The van der Waals surface area contributed by atoms with Gasteiger partial charge < -0.3 is 19.4 Å². The van der Waals surface area contributed by atoms with E-state index in [0.717, 1.165) is 34.2 Å². The van der Waals surface area contributed by atoms with Gasteiger partial charge in [0.25, 0.3) is 0 Å². The largest absolute Gasteiger partial charge is 0.454 e. The molecule has 5 nitrogen and oxygen atoms in total. The average Bonchev–Trinajstić information content (AvgIpc) is 3.45. The van der Waals surface area contributed by atoms with Crippen LogP contribution in [0.4, 0.5) is 13.2 Å². The molecule has 0 unspecified atom stereocenters. The maximum Gasteiger partial charge on any atom is 0.416 e. The molecular weight excluding hydrogens is 457 g/mol. The van der Waals surface area contributed by atoms with Crippen LogP contribution in [-0.2, 0) is 24.6 Å². The van der Waals surface area contributed by atoms with Gasteiger partial charge in [-0.25, -0.2) is 0 Å². The number of benzene rings is 3. The number of amides is 1. The van der Waals surface area contributed by atoms with Gasteiger partial charge in [0.2, 0.25) is 12.7 Å². The number of aromatic nitrogens is 1. The summed E-state index contributed by atoms with van der Waals surface area (Å²) in [7, 11) is 1.88. The molecule has 5 rings (SSSR count). The van der Waals surface area contributed by atoms with E-state index in [-0.39, 0.29) is 25.7 Å². The number of halogens is 3. The molecule has 1 aromatic heterocycles. The minimum Gasteiger partial charge on any atom is -0.454 e. The Balaban J connectivity index is 1.44. The Morgan fingerprint density at radius 2 is 1.83 bits per heavy atom. The van der Waals surface area contributed by atoms with E-state index in [0.29, 0.717) is 17.1 Å². The third kappa shape index (κ3) is 4.69. The van der Waals surface area contributed by atoms with Gasteiger partial charge in [-0.15, -0.1) is 0 Å². The Morgan fingerprint density at radius 1 is 1.03 bits per heavy atom. The molecule has 0 aliphatic carbocycles. The molecule has 4 aromatic rings. The Bertz CT molecular complexity index is 1390. The zero-order valence-corrected chi connectivity index (χ0v) is 18.9. The van der Waals surface area contributed by atoms with E-state index < -0.39 is 17.7 Å². The first-order valence-electron chi connectivity index (χ1n) is 11.2. The van der Waals surface area contributed by atoms with Crippen LogP contribution in [0.1, 0.15) is 34.6 Å². The summed E-state index contributed by atoms with van der Waals surface area (Å²) in [6.07, 6.45) is -2.58. The number of hydrogen-bond donors (Lipinski definition) is 1. The molecule has 2 heterocycles. The number of carbonyl (C=O) groups excluding carboxylic acids is 1. The molecule has 1 aliphatic rings.